The second-order valence-electron chi connectivity index (χ2n) is 4.80. The summed E-state index contributed by atoms with van der Waals surface area (Å²) in [6.07, 6.45) is 2.48. The molecule has 1 heterocycles. The van der Waals surface area contributed by atoms with E-state index >= 15 is 0 Å². The van der Waals surface area contributed by atoms with Crippen molar-refractivity contribution in [2.24, 2.45) is 5.73 Å². The van der Waals surface area contributed by atoms with E-state index in [0.717, 1.165) is 24.1 Å². The molecule has 0 saturated carbocycles. The number of carboxylic acids is 1. The number of aryl methyl sites for hydroxylation is 2. The number of rotatable bonds is 8. The molecule has 0 atom stereocenters. The Morgan fingerprint density at radius 2 is 2.00 bits per heavy atom. The Morgan fingerprint density at radius 1 is 1.30 bits per heavy atom. The highest BCUT2D eigenvalue weighted by Gasteiger charge is 2.13. The molecule has 6 heteroatoms. The first kappa shape index (κ1) is 15.9. The number of primary amides is 1. The van der Waals surface area contributed by atoms with Crippen molar-refractivity contribution in [3.8, 4) is 0 Å². The Bertz CT molecular complexity index is 501. The van der Waals surface area contributed by atoms with Crippen molar-refractivity contribution >= 4 is 17.7 Å². The maximum absolute atomic E-state index is 11.4. The van der Waals surface area contributed by atoms with Crippen molar-refractivity contribution in [3.63, 3.8) is 0 Å². The van der Waals surface area contributed by atoms with E-state index in [1.54, 1.807) is 0 Å². The van der Waals surface area contributed by atoms with Crippen LogP contribution in [0.3, 0.4) is 0 Å². The van der Waals surface area contributed by atoms with Gasteiger partial charge in [-0.05, 0) is 38.3 Å². The number of hydrogen-bond donors (Lipinski definition) is 3. The number of aromatic nitrogens is 1. The van der Waals surface area contributed by atoms with Crippen LogP contribution in [0.5, 0.6) is 0 Å². The number of carbonyl (C=O) groups is 2. The van der Waals surface area contributed by atoms with Crippen molar-refractivity contribution in [2.45, 2.75) is 39.5 Å². The summed E-state index contributed by atoms with van der Waals surface area (Å²) in [5.74, 6) is -0.762. The van der Waals surface area contributed by atoms with Gasteiger partial charge in [-0.25, -0.2) is 4.98 Å². The first-order valence-electron chi connectivity index (χ1n) is 6.65. The van der Waals surface area contributed by atoms with Crippen molar-refractivity contribution in [1.29, 1.82) is 0 Å². The molecule has 0 aromatic carbocycles. The highest BCUT2D eigenvalue weighted by Crippen LogP contribution is 2.18. The number of unbranched alkanes of at least 4 members (excludes halogenated alkanes) is 2. The van der Waals surface area contributed by atoms with Gasteiger partial charge >= 0.3 is 5.97 Å². The largest absolute Gasteiger partial charge is 0.481 e. The molecule has 0 radical (unpaired) electrons. The number of pyridine rings is 1. The molecule has 110 valence electrons. The second-order valence-corrected chi connectivity index (χ2v) is 4.80. The Labute approximate surface area is 118 Å². The molecule has 0 unspecified atom stereocenters. The third kappa shape index (κ3) is 4.87. The maximum Gasteiger partial charge on any atom is 0.303 e. The van der Waals surface area contributed by atoms with Crippen LogP contribution < -0.4 is 11.1 Å². The van der Waals surface area contributed by atoms with Crippen LogP contribution in [0.1, 0.15) is 47.3 Å². The summed E-state index contributed by atoms with van der Waals surface area (Å²) in [5.41, 5.74) is 7.41. The molecule has 1 amide bonds. The second kappa shape index (κ2) is 7.47. The summed E-state index contributed by atoms with van der Waals surface area (Å²) >= 11 is 0. The average Bonchev–Trinajstić information content (AvgIpc) is 2.31. The molecule has 0 bridgehead atoms. The fraction of sp³-hybridized carbons (Fsp3) is 0.500. The van der Waals surface area contributed by atoms with Crippen LogP contribution in [0, 0.1) is 13.8 Å². The minimum absolute atomic E-state index is 0.189. The van der Waals surface area contributed by atoms with Crippen LogP contribution >= 0.6 is 0 Å². The Kier molecular flexibility index (Phi) is 5.96. The minimum Gasteiger partial charge on any atom is -0.481 e. The molecule has 0 aliphatic rings. The topological polar surface area (TPSA) is 105 Å². The summed E-state index contributed by atoms with van der Waals surface area (Å²) < 4.78 is 0. The van der Waals surface area contributed by atoms with Crippen molar-refractivity contribution in [1.82, 2.24) is 4.98 Å². The first-order valence-corrected chi connectivity index (χ1v) is 6.65. The summed E-state index contributed by atoms with van der Waals surface area (Å²) in [7, 11) is 0. The lowest BCUT2D eigenvalue weighted by atomic mass is 10.1. The smallest absolute Gasteiger partial charge is 0.303 e. The van der Waals surface area contributed by atoms with Gasteiger partial charge in [0.1, 0.15) is 5.82 Å². The van der Waals surface area contributed by atoms with Gasteiger partial charge in [-0.1, -0.05) is 6.42 Å². The summed E-state index contributed by atoms with van der Waals surface area (Å²) in [4.78, 5) is 26.1. The molecule has 0 aliphatic carbocycles. The van der Waals surface area contributed by atoms with Gasteiger partial charge in [-0.2, -0.15) is 0 Å². The number of anilines is 1. The summed E-state index contributed by atoms with van der Waals surface area (Å²) in [5, 5.41) is 11.6. The molecule has 6 nitrogen and oxygen atoms in total. The zero-order valence-corrected chi connectivity index (χ0v) is 11.9. The van der Waals surface area contributed by atoms with Crippen molar-refractivity contribution in [2.75, 3.05) is 11.9 Å². The van der Waals surface area contributed by atoms with Crippen LogP contribution in [-0.2, 0) is 4.79 Å². The molecule has 1 rings (SSSR count). The number of aliphatic carboxylic acids is 1. The van der Waals surface area contributed by atoms with Gasteiger partial charge in [0.05, 0.1) is 5.56 Å². The van der Waals surface area contributed by atoms with Gasteiger partial charge in [-0.15, -0.1) is 0 Å². The summed E-state index contributed by atoms with van der Waals surface area (Å²) in [6.45, 7) is 4.32. The number of carbonyl (C=O) groups excluding carboxylic acids is 1. The fourth-order valence-corrected chi connectivity index (χ4v) is 2.06. The molecular weight excluding hydrogens is 258 g/mol. The van der Waals surface area contributed by atoms with Gasteiger partial charge in [-0.3, -0.25) is 9.59 Å². The number of nitrogens with zero attached hydrogens (tertiary/aromatic N) is 1. The maximum atomic E-state index is 11.4. The van der Waals surface area contributed by atoms with E-state index in [4.69, 9.17) is 10.8 Å². The van der Waals surface area contributed by atoms with E-state index in [1.165, 1.54) is 0 Å². The molecule has 4 N–H and O–H groups in total. The zero-order chi connectivity index (χ0) is 15.1. The highest BCUT2D eigenvalue weighted by atomic mass is 16.4. The van der Waals surface area contributed by atoms with Gasteiger partial charge in [0.15, 0.2) is 0 Å². The molecule has 0 spiro atoms. The lowest BCUT2D eigenvalue weighted by Gasteiger charge is -2.12. The number of nitrogens with two attached hydrogens (primary N) is 1. The Balaban J connectivity index is 2.55. The van der Waals surface area contributed by atoms with Gasteiger partial charge in [0.2, 0.25) is 0 Å². The lowest BCUT2D eigenvalue weighted by Crippen LogP contribution is -2.18. The van der Waals surface area contributed by atoms with Crippen molar-refractivity contribution in [3.05, 3.63) is 22.9 Å². The predicted molar refractivity (Wildman–Crippen MR) is 76.8 cm³/mol. The van der Waals surface area contributed by atoms with Crippen LogP contribution in [0.2, 0.25) is 0 Å². The fourth-order valence-electron chi connectivity index (χ4n) is 2.06. The van der Waals surface area contributed by atoms with E-state index in [-0.39, 0.29) is 6.42 Å². The third-order valence-corrected chi connectivity index (χ3v) is 2.95. The van der Waals surface area contributed by atoms with Crippen LogP contribution in [0.4, 0.5) is 5.82 Å². The Morgan fingerprint density at radius 3 is 2.60 bits per heavy atom. The van der Waals surface area contributed by atoms with E-state index in [1.807, 2.05) is 19.9 Å². The zero-order valence-electron chi connectivity index (χ0n) is 11.9. The average molecular weight is 279 g/mol. The van der Waals surface area contributed by atoms with E-state index in [9.17, 15) is 9.59 Å². The van der Waals surface area contributed by atoms with Crippen LogP contribution in [0.15, 0.2) is 6.07 Å². The standard InChI is InChI=1S/C14H21N3O3/c1-9-8-10(2)17-14(12(9)13(15)20)16-7-5-3-4-6-11(18)19/h8H,3-7H2,1-2H3,(H2,15,20)(H,16,17)(H,18,19). The third-order valence-electron chi connectivity index (χ3n) is 2.95. The van der Waals surface area contributed by atoms with Crippen LogP contribution in [0.25, 0.3) is 0 Å². The molecule has 1 aromatic rings. The lowest BCUT2D eigenvalue weighted by molar-refractivity contribution is -0.137. The number of nitrogens with one attached hydrogen (secondary N) is 1. The minimum atomic E-state index is -0.773. The molecule has 0 aliphatic heterocycles. The molecule has 1 aromatic heterocycles. The van der Waals surface area contributed by atoms with E-state index in [2.05, 4.69) is 10.3 Å². The Hall–Kier alpha value is -2.11. The van der Waals surface area contributed by atoms with Gasteiger partial charge < -0.3 is 16.2 Å². The molecule has 0 saturated heterocycles. The normalized spacial score (nSPS) is 10.3. The highest BCUT2D eigenvalue weighted by molar-refractivity contribution is 5.99. The van der Waals surface area contributed by atoms with Crippen molar-refractivity contribution < 1.29 is 14.7 Å². The molecular formula is C14H21N3O3. The SMILES string of the molecule is Cc1cc(C)c(C(N)=O)c(NCCCCCC(=O)O)n1. The number of amides is 1. The monoisotopic (exact) mass is 279 g/mol. The van der Waals surface area contributed by atoms with Gasteiger partial charge in [0, 0.05) is 18.7 Å². The van der Waals surface area contributed by atoms with Gasteiger partial charge in [0.25, 0.3) is 5.91 Å². The predicted octanol–water partition coefficient (Wildman–Crippen LogP) is 1.85. The quantitative estimate of drug-likeness (QED) is 0.630. The van der Waals surface area contributed by atoms with E-state index in [0.29, 0.717) is 24.3 Å². The first-order chi connectivity index (χ1) is 9.41. The number of hydrogen-bond acceptors (Lipinski definition) is 4. The van der Waals surface area contributed by atoms with Crippen LogP contribution in [-0.4, -0.2) is 28.5 Å². The molecule has 20 heavy (non-hydrogen) atoms. The number of carboxylic acid groups (broad SMARTS) is 1. The molecule has 0 fully saturated rings. The summed E-state index contributed by atoms with van der Waals surface area (Å²) in [6, 6.07) is 1.82. The van der Waals surface area contributed by atoms with E-state index < -0.39 is 11.9 Å².